The normalized spacial score (nSPS) is 11.0. The van der Waals surface area contributed by atoms with Gasteiger partial charge in [0.05, 0.1) is 5.38 Å². The summed E-state index contributed by atoms with van der Waals surface area (Å²) in [5.41, 5.74) is 1.48. The lowest BCUT2D eigenvalue weighted by Crippen LogP contribution is -1.86. The highest BCUT2D eigenvalue weighted by Crippen LogP contribution is 2.23. The van der Waals surface area contributed by atoms with Crippen LogP contribution in [0.5, 0.6) is 0 Å². The van der Waals surface area contributed by atoms with Crippen LogP contribution in [0.15, 0.2) is 23.6 Å². The van der Waals surface area contributed by atoms with Gasteiger partial charge >= 0.3 is 0 Å². The molecular formula is C14H17S. The molecule has 0 amide bonds. The molecule has 0 atom stereocenters. The molecule has 0 nitrogen and oxygen atoms in total. The van der Waals surface area contributed by atoms with Gasteiger partial charge in [-0.05, 0) is 29.2 Å². The summed E-state index contributed by atoms with van der Waals surface area (Å²) in [6, 6.07) is 6.59. The predicted octanol–water partition coefficient (Wildman–Crippen LogP) is 4.82. The predicted molar refractivity (Wildman–Crippen MR) is 68.5 cm³/mol. The van der Waals surface area contributed by atoms with Gasteiger partial charge < -0.3 is 0 Å². The molecule has 2 aromatic rings. The highest BCUT2D eigenvalue weighted by Gasteiger charge is 2.01. The Balaban J connectivity index is 2.04. The van der Waals surface area contributed by atoms with Gasteiger partial charge in [-0.15, -0.1) is 11.3 Å². The number of hydrogen-bond acceptors (Lipinski definition) is 1. The van der Waals surface area contributed by atoms with Crippen molar-refractivity contribution in [2.75, 3.05) is 0 Å². The zero-order valence-electron chi connectivity index (χ0n) is 9.25. The van der Waals surface area contributed by atoms with Gasteiger partial charge in [-0.3, -0.25) is 0 Å². The fraction of sp³-hybridized carbons (Fsp3) is 0.429. The van der Waals surface area contributed by atoms with E-state index >= 15 is 0 Å². The minimum Gasteiger partial charge on any atom is -0.142 e. The Hall–Kier alpha value is -0.820. The van der Waals surface area contributed by atoms with Crippen LogP contribution in [0.1, 0.15) is 38.2 Å². The third-order valence-electron chi connectivity index (χ3n) is 2.83. The van der Waals surface area contributed by atoms with Crippen LogP contribution in [0.3, 0.4) is 0 Å². The minimum atomic E-state index is 1.21. The first-order valence-corrected chi connectivity index (χ1v) is 6.66. The van der Waals surface area contributed by atoms with Crippen LogP contribution < -0.4 is 0 Å². The molecule has 0 aliphatic rings. The maximum absolute atomic E-state index is 3.37. The Morgan fingerprint density at radius 1 is 1.20 bits per heavy atom. The Labute approximate surface area is 95.9 Å². The van der Waals surface area contributed by atoms with Crippen LogP contribution in [-0.2, 0) is 6.42 Å². The molecule has 0 bridgehead atoms. The number of benzene rings is 1. The number of aryl methyl sites for hydroxylation is 1. The second-order valence-corrected chi connectivity index (χ2v) is 4.71. The molecule has 0 N–H and O–H groups in total. The number of hydrogen-bond donors (Lipinski definition) is 0. The van der Waals surface area contributed by atoms with Gasteiger partial charge in [0.1, 0.15) is 0 Å². The molecule has 1 heterocycles. The molecule has 1 heteroatoms. The van der Waals surface area contributed by atoms with Crippen LogP contribution in [0.4, 0.5) is 0 Å². The summed E-state index contributed by atoms with van der Waals surface area (Å²) < 4.78 is 0. The van der Waals surface area contributed by atoms with Crippen molar-refractivity contribution in [1.29, 1.82) is 0 Å². The zero-order chi connectivity index (χ0) is 10.5. The van der Waals surface area contributed by atoms with E-state index in [1.807, 2.05) is 0 Å². The van der Waals surface area contributed by atoms with Crippen LogP contribution in [0.2, 0.25) is 0 Å². The molecule has 0 fully saturated rings. The zero-order valence-corrected chi connectivity index (χ0v) is 10.1. The van der Waals surface area contributed by atoms with Gasteiger partial charge in [0.2, 0.25) is 0 Å². The summed E-state index contributed by atoms with van der Waals surface area (Å²) in [5, 5.41) is 8.26. The van der Waals surface area contributed by atoms with Gasteiger partial charge in [-0.1, -0.05) is 44.4 Å². The van der Waals surface area contributed by atoms with E-state index in [1.165, 1.54) is 48.4 Å². The topological polar surface area (TPSA) is 0 Å². The van der Waals surface area contributed by atoms with E-state index in [-0.39, 0.29) is 0 Å². The summed E-state index contributed by atoms with van der Waals surface area (Å²) in [6.45, 7) is 2.26. The van der Waals surface area contributed by atoms with Gasteiger partial charge in [-0.2, -0.15) is 0 Å². The van der Waals surface area contributed by atoms with Gasteiger partial charge in [-0.25, -0.2) is 0 Å². The number of thiophene rings is 1. The molecule has 0 spiro atoms. The average Bonchev–Trinajstić information content (AvgIpc) is 2.73. The fourth-order valence-corrected chi connectivity index (χ4v) is 2.69. The Bertz CT molecular complexity index is 414. The van der Waals surface area contributed by atoms with Crippen LogP contribution in [0, 0.1) is 5.38 Å². The van der Waals surface area contributed by atoms with E-state index in [0.717, 1.165) is 0 Å². The maximum atomic E-state index is 3.37. The van der Waals surface area contributed by atoms with Crippen molar-refractivity contribution in [1.82, 2.24) is 0 Å². The van der Waals surface area contributed by atoms with Crippen molar-refractivity contribution in [3.63, 3.8) is 0 Å². The monoisotopic (exact) mass is 217 g/mol. The summed E-state index contributed by atoms with van der Waals surface area (Å²) >= 11 is 1.69. The second-order valence-electron chi connectivity index (χ2n) is 4.03. The molecule has 1 radical (unpaired) electrons. The summed E-state index contributed by atoms with van der Waals surface area (Å²) in [6.07, 6.45) is 6.57. The Kier molecular flexibility index (Phi) is 3.79. The first kappa shape index (κ1) is 10.7. The van der Waals surface area contributed by atoms with E-state index in [0.29, 0.717) is 0 Å². The van der Waals surface area contributed by atoms with E-state index in [2.05, 4.69) is 35.9 Å². The SMILES string of the molecule is CCCCCCc1cccc2cs[c]c12. The highest BCUT2D eigenvalue weighted by molar-refractivity contribution is 7.08. The van der Waals surface area contributed by atoms with E-state index in [9.17, 15) is 0 Å². The third-order valence-corrected chi connectivity index (χ3v) is 3.52. The average molecular weight is 217 g/mol. The maximum Gasteiger partial charge on any atom is 0.0530 e. The van der Waals surface area contributed by atoms with Crippen molar-refractivity contribution < 1.29 is 0 Å². The first-order chi connectivity index (χ1) is 7.42. The highest BCUT2D eigenvalue weighted by atomic mass is 32.1. The molecule has 1 aromatic carbocycles. The molecule has 15 heavy (non-hydrogen) atoms. The lowest BCUT2D eigenvalue weighted by Gasteiger charge is -2.02. The third kappa shape index (κ3) is 2.60. The summed E-state index contributed by atoms with van der Waals surface area (Å²) in [7, 11) is 0. The van der Waals surface area contributed by atoms with Crippen molar-refractivity contribution in [3.8, 4) is 0 Å². The summed E-state index contributed by atoms with van der Waals surface area (Å²) in [4.78, 5) is 0. The fourth-order valence-electron chi connectivity index (χ4n) is 1.95. The van der Waals surface area contributed by atoms with Crippen molar-refractivity contribution in [2.45, 2.75) is 39.0 Å². The van der Waals surface area contributed by atoms with E-state index in [4.69, 9.17) is 0 Å². The minimum absolute atomic E-state index is 1.21. The summed E-state index contributed by atoms with van der Waals surface area (Å²) in [5.74, 6) is 0. The van der Waals surface area contributed by atoms with Gasteiger partial charge in [0, 0.05) is 5.39 Å². The Morgan fingerprint density at radius 3 is 3.00 bits per heavy atom. The van der Waals surface area contributed by atoms with Crippen LogP contribution in [-0.4, -0.2) is 0 Å². The largest absolute Gasteiger partial charge is 0.142 e. The molecule has 0 saturated carbocycles. The molecule has 0 unspecified atom stereocenters. The number of rotatable bonds is 5. The van der Waals surface area contributed by atoms with Crippen LogP contribution >= 0.6 is 11.3 Å². The molecule has 2 rings (SSSR count). The number of fused-ring (bicyclic) bond motifs is 1. The van der Waals surface area contributed by atoms with E-state index in [1.54, 1.807) is 11.3 Å². The molecule has 0 saturated heterocycles. The molecular weight excluding hydrogens is 200 g/mol. The lowest BCUT2D eigenvalue weighted by molar-refractivity contribution is 0.668. The smallest absolute Gasteiger partial charge is 0.0530 e. The van der Waals surface area contributed by atoms with E-state index < -0.39 is 0 Å². The molecule has 79 valence electrons. The lowest BCUT2D eigenvalue weighted by atomic mass is 10.0. The van der Waals surface area contributed by atoms with Crippen molar-refractivity contribution in [3.05, 3.63) is 34.5 Å². The van der Waals surface area contributed by atoms with Crippen LogP contribution in [0.25, 0.3) is 10.8 Å². The standard InChI is InChI=1S/C14H17S/c1-2-3-4-5-7-12-8-6-9-13-10-15-11-14(12)13/h6,8-10H,2-5,7H2,1H3. The van der Waals surface area contributed by atoms with Gasteiger partial charge in [0.15, 0.2) is 0 Å². The van der Waals surface area contributed by atoms with Crippen molar-refractivity contribution >= 4 is 22.1 Å². The quantitative estimate of drug-likeness (QED) is 0.630. The van der Waals surface area contributed by atoms with Crippen molar-refractivity contribution in [2.24, 2.45) is 0 Å². The Morgan fingerprint density at radius 2 is 2.13 bits per heavy atom. The number of unbranched alkanes of at least 4 members (excludes halogenated alkanes) is 3. The molecule has 1 aromatic heterocycles. The molecule has 0 aliphatic carbocycles. The van der Waals surface area contributed by atoms with Gasteiger partial charge in [0.25, 0.3) is 0 Å². The molecule has 0 aliphatic heterocycles. The first-order valence-electron chi connectivity index (χ1n) is 5.78. The second kappa shape index (κ2) is 5.32.